The Balaban J connectivity index is 1.55. The van der Waals surface area contributed by atoms with E-state index in [4.69, 9.17) is 10.5 Å². The second-order valence-corrected chi connectivity index (χ2v) is 7.73. The maximum atomic E-state index is 13.8. The second kappa shape index (κ2) is 7.46. The average Bonchev–Trinajstić information content (AvgIpc) is 3.46. The molecule has 3 aliphatic heterocycles. The molecule has 3 atom stereocenters. The summed E-state index contributed by atoms with van der Waals surface area (Å²) >= 11 is 0. The van der Waals surface area contributed by atoms with Gasteiger partial charge in [0.05, 0.1) is 31.0 Å². The van der Waals surface area contributed by atoms with Crippen molar-refractivity contribution in [2.24, 2.45) is 0 Å². The molecule has 0 saturated carbocycles. The number of hydrogen-bond acceptors (Lipinski definition) is 8. The van der Waals surface area contributed by atoms with Crippen LogP contribution < -0.4 is 20.3 Å². The van der Waals surface area contributed by atoms with E-state index in [1.54, 1.807) is 11.0 Å². The highest BCUT2D eigenvalue weighted by Gasteiger charge is 2.40. The SMILES string of the molecule is Nc1ncc(-c2cc(N3C[C@H]4C[C@@H]3CO4)nc(N3CC[C@H](F)C3)n2)cc1OC(F)F. The molecular formula is C19H21F3N6O2. The minimum absolute atomic E-state index is 0.137. The lowest BCUT2D eigenvalue weighted by Crippen LogP contribution is -2.38. The molecule has 0 amide bonds. The highest BCUT2D eigenvalue weighted by atomic mass is 19.3. The van der Waals surface area contributed by atoms with Crippen LogP contribution in [-0.2, 0) is 4.74 Å². The average molecular weight is 422 g/mol. The van der Waals surface area contributed by atoms with E-state index in [-0.39, 0.29) is 30.3 Å². The van der Waals surface area contributed by atoms with Gasteiger partial charge in [-0.3, -0.25) is 0 Å². The topological polar surface area (TPSA) is 89.6 Å². The van der Waals surface area contributed by atoms with Crippen molar-refractivity contribution in [1.82, 2.24) is 15.0 Å². The van der Waals surface area contributed by atoms with Crippen LogP contribution in [-0.4, -0.2) is 66.1 Å². The monoisotopic (exact) mass is 422 g/mol. The third-order valence-corrected chi connectivity index (χ3v) is 5.70. The standard InChI is InChI=1S/C19H21F3N6O2/c20-11-1-2-27(7-11)19-25-14(10-3-15(30-18(21)22)17(23)24-6-10)5-16(26-19)28-8-13-4-12(28)9-29-13/h3,5-6,11-13,18H,1-2,4,7-9H2,(H2,23,24)/t11-,12+,13+/m0/s1. The number of hydrogen-bond donors (Lipinski definition) is 1. The molecule has 160 valence electrons. The van der Waals surface area contributed by atoms with Crippen molar-refractivity contribution >= 4 is 17.6 Å². The quantitative estimate of drug-likeness (QED) is 0.785. The highest BCUT2D eigenvalue weighted by molar-refractivity contribution is 5.68. The Bertz CT molecular complexity index is 948. The molecule has 8 nitrogen and oxygen atoms in total. The number of rotatable bonds is 5. The van der Waals surface area contributed by atoms with Gasteiger partial charge in [0.15, 0.2) is 11.6 Å². The molecule has 2 N–H and O–H groups in total. The Morgan fingerprint density at radius 3 is 2.77 bits per heavy atom. The number of pyridine rings is 1. The number of fused-ring (bicyclic) bond motifs is 2. The van der Waals surface area contributed by atoms with Gasteiger partial charge in [0.1, 0.15) is 12.0 Å². The van der Waals surface area contributed by atoms with Crippen LogP contribution in [0.4, 0.5) is 30.8 Å². The molecule has 0 spiro atoms. The summed E-state index contributed by atoms with van der Waals surface area (Å²) in [6.07, 6.45) is 2.04. The van der Waals surface area contributed by atoms with Gasteiger partial charge in [-0.05, 0) is 18.9 Å². The maximum absolute atomic E-state index is 13.8. The fourth-order valence-corrected chi connectivity index (χ4v) is 4.22. The van der Waals surface area contributed by atoms with E-state index in [0.29, 0.717) is 49.1 Å². The van der Waals surface area contributed by atoms with E-state index in [9.17, 15) is 13.2 Å². The van der Waals surface area contributed by atoms with E-state index >= 15 is 0 Å². The van der Waals surface area contributed by atoms with Gasteiger partial charge >= 0.3 is 6.61 Å². The molecule has 0 aliphatic carbocycles. The van der Waals surface area contributed by atoms with Crippen molar-refractivity contribution in [2.75, 3.05) is 41.8 Å². The normalized spacial score (nSPS) is 25.5. The summed E-state index contributed by atoms with van der Waals surface area (Å²) < 4.78 is 49.3. The Morgan fingerprint density at radius 2 is 2.10 bits per heavy atom. The third kappa shape index (κ3) is 3.57. The van der Waals surface area contributed by atoms with Gasteiger partial charge in [0, 0.05) is 30.9 Å². The Morgan fingerprint density at radius 1 is 1.23 bits per heavy atom. The largest absolute Gasteiger partial charge is 0.431 e. The molecule has 3 fully saturated rings. The van der Waals surface area contributed by atoms with Gasteiger partial charge in [-0.1, -0.05) is 0 Å². The molecule has 2 aromatic rings. The summed E-state index contributed by atoms with van der Waals surface area (Å²) in [6.45, 7) is -0.944. The number of ether oxygens (including phenoxy) is 2. The zero-order valence-electron chi connectivity index (χ0n) is 16.0. The number of nitrogens with two attached hydrogens (primary N) is 1. The Kier molecular flexibility index (Phi) is 4.76. The summed E-state index contributed by atoms with van der Waals surface area (Å²) in [7, 11) is 0. The molecule has 3 saturated heterocycles. The molecule has 0 radical (unpaired) electrons. The first-order valence-corrected chi connectivity index (χ1v) is 9.83. The van der Waals surface area contributed by atoms with Gasteiger partial charge < -0.3 is 25.0 Å². The van der Waals surface area contributed by atoms with E-state index < -0.39 is 12.8 Å². The first kappa shape index (κ1) is 19.2. The van der Waals surface area contributed by atoms with Crippen LogP contribution in [0.5, 0.6) is 5.75 Å². The minimum atomic E-state index is -3.02. The van der Waals surface area contributed by atoms with Gasteiger partial charge in [-0.2, -0.15) is 13.8 Å². The molecule has 0 aromatic carbocycles. The smallest absolute Gasteiger partial charge is 0.387 e. The van der Waals surface area contributed by atoms with Gasteiger partial charge in [0.25, 0.3) is 0 Å². The van der Waals surface area contributed by atoms with E-state index in [0.717, 1.165) is 6.42 Å². The summed E-state index contributed by atoms with van der Waals surface area (Å²) in [5, 5.41) is 0. The number of halogens is 3. The van der Waals surface area contributed by atoms with E-state index in [2.05, 4.69) is 24.6 Å². The first-order chi connectivity index (χ1) is 14.5. The number of nitrogen functional groups attached to an aromatic ring is 1. The number of anilines is 3. The Labute approximate surface area is 170 Å². The number of morpholine rings is 1. The van der Waals surface area contributed by atoms with Crippen molar-refractivity contribution in [3.05, 3.63) is 18.3 Å². The van der Waals surface area contributed by atoms with Gasteiger partial charge in [-0.25, -0.2) is 14.4 Å². The lowest BCUT2D eigenvalue weighted by Gasteiger charge is -2.29. The number of alkyl halides is 3. The molecular weight excluding hydrogens is 401 g/mol. The van der Waals surface area contributed by atoms with Crippen LogP contribution in [0.2, 0.25) is 0 Å². The van der Waals surface area contributed by atoms with Crippen LogP contribution in [0.3, 0.4) is 0 Å². The zero-order chi connectivity index (χ0) is 20.8. The molecule has 2 bridgehead atoms. The molecule has 5 heterocycles. The summed E-state index contributed by atoms with van der Waals surface area (Å²) in [5.74, 6) is 0.742. The van der Waals surface area contributed by atoms with Crippen molar-refractivity contribution in [3.63, 3.8) is 0 Å². The minimum Gasteiger partial charge on any atom is -0.431 e. The third-order valence-electron chi connectivity index (χ3n) is 5.70. The molecule has 5 rings (SSSR count). The van der Waals surface area contributed by atoms with Crippen LogP contribution >= 0.6 is 0 Å². The van der Waals surface area contributed by atoms with Crippen molar-refractivity contribution in [1.29, 1.82) is 0 Å². The fraction of sp³-hybridized carbons (Fsp3) is 0.526. The predicted octanol–water partition coefficient (Wildman–Crippen LogP) is 2.25. The van der Waals surface area contributed by atoms with Gasteiger partial charge in [0.2, 0.25) is 5.95 Å². The predicted molar refractivity (Wildman–Crippen MR) is 104 cm³/mol. The van der Waals surface area contributed by atoms with Crippen molar-refractivity contribution < 1.29 is 22.6 Å². The molecule has 30 heavy (non-hydrogen) atoms. The van der Waals surface area contributed by atoms with Crippen molar-refractivity contribution in [3.8, 4) is 17.0 Å². The first-order valence-electron chi connectivity index (χ1n) is 9.83. The fourth-order valence-electron chi connectivity index (χ4n) is 4.22. The Hall–Kier alpha value is -2.82. The highest BCUT2D eigenvalue weighted by Crippen LogP contribution is 2.35. The van der Waals surface area contributed by atoms with Crippen LogP contribution in [0, 0.1) is 0 Å². The molecule has 11 heteroatoms. The van der Waals surface area contributed by atoms with E-state index in [1.165, 1.54) is 12.3 Å². The second-order valence-electron chi connectivity index (χ2n) is 7.73. The van der Waals surface area contributed by atoms with Crippen molar-refractivity contribution in [2.45, 2.75) is 37.8 Å². The summed E-state index contributed by atoms with van der Waals surface area (Å²) in [6, 6.07) is 3.39. The molecule has 3 aliphatic rings. The molecule has 0 unspecified atom stereocenters. The lowest BCUT2D eigenvalue weighted by atomic mass is 10.2. The lowest BCUT2D eigenvalue weighted by molar-refractivity contribution is -0.0494. The number of nitrogens with zero attached hydrogens (tertiary/aromatic N) is 5. The van der Waals surface area contributed by atoms with Crippen LogP contribution in [0.15, 0.2) is 18.3 Å². The van der Waals surface area contributed by atoms with Crippen LogP contribution in [0.25, 0.3) is 11.3 Å². The summed E-state index contributed by atoms with van der Waals surface area (Å²) in [4.78, 5) is 17.2. The zero-order valence-corrected chi connectivity index (χ0v) is 16.0. The van der Waals surface area contributed by atoms with E-state index in [1.807, 2.05) is 0 Å². The molecule has 2 aromatic heterocycles. The van der Waals surface area contributed by atoms with Gasteiger partial charge in [-0.15, -0.1) is 0 Å². The van der Waals surface area contributed by atoms with Crippen LogP contribution in [0.1, 0.15) is 12.8 Å². The number of aromatic nitrogens is 3. The maximum Gasteiger partial charge on any atom is 0.387 e. The summed E-state index contributed by atoms with van der Waals surface area (Å²) in [5.41, 5.74) is 6.60.